The van der Waals surface area contributed by atoms with Crippen molar-refractivity contribution in [3.05, 3.63) is 0 Å². The Morgan fingerprint density at radius 2 is 1.92 bits per heavy atom. The molecule has 0 aromatic rings. The maximum absolute atomic E-state index is 2.37. The first-order valence-corrected chi connectivity index (χ1v) is 5.83. The van der Waals surface area contributed by atoms with E-state index in [0.717, 1.165) is 17.8 Å². The van der Waals surface area contributed by atoms with E-state index in [1.165, 1.54) is 38.5 Å². The third-order valence-corrected chi connectivity index (χ3v) is 3.79. The summed E-state index contributed by atoms with van der Waals surface area (Å²) < 4.78 is 0. The lowest BCUT2D eigenvalue weighted by atomic mass is 9.64. The topological polar surface area (TPSA) is 0 Å². The third-order valence-electron chi connectivity index (χ3n) is 3.79. The van der Waals surface area contributed by atoms with Crippen LogP contribution in [0.3, 0.4) is 0 Å². The average Bonchev–Trinajstić information content (AvgIpc) is 2.02. The molecule has 0 radical (unpaired) electrons. The van der Waals surface area contributed by atoms with Gasteiger partial charge in [-0.15, -0.1) is 0 Å². The SMILES string of the molecule is CCCC(CC)C1CCC1CC. The largest absolute Gasteiger partial charge is 0.0654 e. The second-order valence-electron chi connectivity index (χ2n) is 4.37. The predicted octanol–water partition coefficient (Wildman–Crippen LogP) is 4.25. The molecule has 0 heterocycles. The molecule has 3 atom stereocenters. The highest BCUT2D eigenvalue weighted by Crippen LogP contribution is 2.44. The zero-order valence-electron chi connectivity index (χ0n) is 8.97. The smallest absolute Gasteiger partial charge is 0.0358 e. The van der Waals surface area contributed by atoms with Gasteiger partial charge in [-0.05, 0) is 30.6 Å². The minimum atomic E-state index is 1.05. The summed E-state index contributed by atoms with van der Waals surface area (Å²) in [6.45, 7) is 7.04. The molecular formula is C12H24. The van der Waals surface area contributed by atoms with E-state index in [-0.39, 0.29) is 0 Å². The lowest BCUT2D eigenvalue weighted by Gasteiger charge is -2.41. The van der Waals surface area contributed by atoms with Gasteiger partial charge in [0.25, 0.3) is 0 Å². The van der Waals surface area contributed by atoms with E-state index in [0.29, 0.717) is 0 Å². The summed E-state index contributed by atoms with van der Waals surface area (Å²) in [7, 11) is 0. The summed E-state index contributed by atoms with van der Waals surface area (Å²) in [5, 5.41) is 0. The number of rotatable bonds is 5. The van der Waals surface area contributed by atoms with Gasteiger partial charge in [0.1, 0.15) is 0 Å². The lowest BCUT2D eigenvalue weighted by molar-refractivity contribution is 0.0911. The van der Waals surface area contributed by atoms with Crippen molar-refractivity contribution in [1.29, 1.82) is 0 Å². The molecule has 0 bridgehead atoms. The zero-order valence-corrected chi connectivity index (χ0v) is 8.97. The van der Waals surface area contributed by atoms with Crippen LogP contribution in [0.25, 0.3) is 0 Å². The number of hydrogen-bond donors (Lipinski definition) is 0. The first-order chi connectivity index (χ1) is 5.83. The molecule has 1 fully saturated rings. The fourth-order valence-corrected chi connectivity index (χ4v) is 2.81. The highest BCUT2D eigenvalue weighted by molar-refractivity contribution is 4.84. The summed E-state index contributed by atoms with van der Waals surface area (Å²) in [5.74, 6) is 3.23. The van der Waals surface area contributed by atoms with Crippen molar-refractivity contribution in [2.24, 2.45) is 17.8 Å². The van der Waals surface area contributed by atoms with E-state index in [2.05, 4.69) is 20.8 Å². The van der Waals surface area contributed by atoms with Crippen molar-refractivity contribution < 1.29 is 0 Å². The Balaban J connectivity index is 2.32. The Labute approximate surface area is 77.7 Å². The summed E-state index contributed by atoms with van der Waals surface area (Å²) >= 11 is 0. The molecule has 12 heavy (non-hydrogen) atoms. The van der Waals surface area contributed by atoms with Crippen LogP contribution in [0.2, 0.25) is 0 Å². The highest BCUT2D eigenvalue weighted by Gasteiger charge is 2.33. The predicted molar refractivity (Wildman–Crippen MR) is 55.2 cm³/mol. The van der Waals surface area contributed by atoms with Gasteiger partial charge in [-0.2, -0.15) is 0 Å². The van der Waals surface area contributed by atoms with Gasteiger partial charge < -0.3 is 0 Å². The van der Waals surface area contributed by atoms with Crippen molar-refractivity contribution in [2.45, 2.75) is 59.3 Å². The Morgan fingerprint density at radius 3 is 2.25 bits per heavy atom. The van der Waals surface area contributed by atoms with Gasteiger partial charge in [0.05, 0.1) is 0 Å². The van der Waals surface area contributed by atoms with Crippen LogP contribution in [-0.2, 0) is 0 Å². The number of hydrogen-bond acceptors (Lipinski definition) is 0. The molecule has 0 heteroatoms. The Morgan fingerprint density at radius 1 is 1.17 bits per heavy atom. The van der Waals surface area contributed by atoms with Crippen molar-refractivity contribution in [2.75, 3.05) is 0 Å². The van der Waals surface area contributed by atoms with Crippen molar-refractivity contribution >= 4 is 0 Å². The summed E-state index contributed by atoms with van der Waals surface area (Å²) in [5.41, 5.74) is 0. The summed E-state index contributed by atoms with van der Waals surface area (Å²) in [6.07, 6.45) is 8.72. The van der Waals surface area contributed by atoms with Crippen LogP contribution in [0, 0.1) is 17.8 Å². The molecule has 0 saturated heterocycles. The van der Waals surface area contributed by atoms with Gasteiger partial charge in [-0.25, -0.2) is 0 Å². The average molecular weight is 168 g/mol. The molecule has 0 aromatic carbocycles. The molecule has 1 aliphatic rings. The fraction of sp³-hybridized carbons (Fsp3) is 1.00. The van der Waals surface area contributed by atoms with Crippen LogP contribution in [0.15, 0.2) is 0 Å². The normalized spacial score (nSPS) is 31.2. The fourth-order valence-electron chi connectivity index (χ4n) is 2.81. The van der Waals surface area contributed by atoms with Gasteiger partial charge in [0.2, 0.25) is 0 Å². The molecular weight excluding hydrogens is 144 g/mol. The molecule has 0 amide bonds. The van der Waals surface area contributed by atoms with E-state index >= 15 is 0 Å². The molecule has 1 aliphatic carbocycles. The lowest BCUT2D eigenvalue weighted by Crippen LogP contribution is -2.31. The first kappa shape index (κ1) is 10.1. The first-order valence-electron chi connectivity index (χ1n) is 5.83. The van der Waals surface area contributed by atoms with Crippen LogP contribution in [0.5, 0.6) is 0 Å². The van der Waals surface area contributed by atoms with E-state index in [1.807, 2.05) is 0 Å². The van der Waals surface area contributed by atoms with Gasteiger partial charge >= 0.3 is 0 Å². The van der Waals surface area contributed by atoms with Crippen LogP contribution < -0.4 is 0 Å². The molecule has 1 saturated carbocycles. The van der Waals surface area contributed by atoms with Crippen molar-refractivity contribution in [3.63, 3.8) is 0 Å². The Bertz CT molecular complexity index is 113. The third kappa shape index (κ3) is 2.02. The minimum Gasteiger partial charge on any atom is -0.0654 e. The van der Waals surface area contributed by atoms with Gasteiger partial charge in [-0.3, -0.25) is 0 Å². The minimum absolute atomic E-state index is 1.05. The van der Waals surface area contributed by atoms with Crippen LogP contribution in [-0.4, -0.2) is 0 Å². The van der Waals surface area contributed by atoms with E-state index in [9.17, 15) is 0 Å². The van der Waals surface area contributed by atoms with Crippen LogP contribution >= 0.6 is 0 Å². The highest BCUT2D eigenvalue weighted by atomic mass is 14.4. The maximum atomic E-state index is 2.37. The second kappa shape index (κ2) is 4.89. The molecule has 0 aliphatic heterocycles. The second-order valence-corrected chi connectivity index (χ2v) is 4.37. The summed E-state index contributed by atoms with van der Waals surface area (Å²) in [6, 6.07) is 0. The van der Waals surface area contributed by atoms with Gasteiger partial charge in [-0.1, -0.05) is 46.5 Å². The van der Waals surface area contributed by atoms with Crippen LogP contribution in [0.1, 0.15) is 59.3 Å². The molecule has 1 rings (SSSR count). The molecule has 0 aromatic heterocycles. The Kier molecular flexibility index (Phi) is 4.11. The Hall–Kier alpha value is 0. The van der Waals surface area contributed by atoms with Gasteiger partial charge in [0.15, 0.2) is 0 Å². The molecule has 0 nitrogen and oxygen atoms in total. The molecule has 72 valence electrons. The van der Waals surface area contributed by atoms with Crippen molar-refractivity contribution in [1.82, 2.24) is 0 Å². The van der Waals surface area contributed by atoms with Gasteiger partial charge in [0, 0.05) is 0 Å². The standard InChI is InChI=1S/C12H24/c1-4-7-10(5-2)12-9-8-11(12)6-3/h10-12H,4-9H2,1-3H3. The molecule has 0 N–H and O–H groups in total. The van der Waals surface area contributed by atoms with E-state index in [4.69, 9.17) is 0 Å². The maximum Gasteiger partial charge on any atom is -0.0358 e. The molecule has 0 spiro atoms. The van der Waals surface area contributed by atoms with E-state index < -0.39 is 0 Å². The van der Waals surface area contributed by atoms with E-state index in [1.54, 1.807) is 0 Å². The summed E-state index contributed by atoms with van der Waals surface area (Å²) in [4.78, 5) is 0. The zero-order chi connectivity index (χ0) is 8.97. The molecule has 3 unspecified atom stereocenters. The van der Waals surface area contributed by atoms with Crippen LogP contribution in [0.4, 0.5) is 0 Å². The quantitative estimate of drug-likeness (QED) is 0.575. The monoisotopic (exact) mass is 168 g/mol. The van der Waals surface area contributed by atoms with Crippen molar-refractivity contribution in [3.8, 4) is 0 Å².